The van der Waals surface area contributed by atoms with Crippen molar-refractivity contribution in [2.45, 2.75) is 11.4 Å². The van der Waals surface area contributed by atoms with Crippen molar-refractivity contribution in [2.75, 3.05) is 44.6 Å². The molecule has 1 heterocycles. The molecule has 1 amide bonds. The molecular formula is C26H29N3O5S. The van der Waals surface area contributed by atoms with Gasteiger partial charge in [0.25, 0.3) is 15.9 Å². The standard InChI is InChI=1S/C26H29N3O5S/c1-33-24-9-5-8-22(18-24)27-35(31,32)25-12-10-23(11-13-25)34-20-26(30)29-16-14-28(15-17-29)19-21-6-3-2-4-7-21/h2-13,18,27H,14-17,19-20H2,1H3. The Kier molecular flexibility index (Phi) is 7.89. The fourth-order valence-corrected chi connectivity index (χ4v) is 4.90. The van der Waals surface area contributed by atoms with E-state index in [0.29, 0.717) is 30.3 Å². The molecule has 1 aliphatic rings. The summed E-state index contributed by atoms with van der Waals surface area (Å²) in [6.45, 7) is 3.72. The molecule has 0 atom stereocenters. The van der Waals surface area contributed by atoms with Gasteiger partial charge in [0.15, 0.2) is 6.61 Å². The number of nitrogens with one attached hydrogen (secondary N) is 1. The van der Waals surface area contributed by atoms with Gasteiger partial charge >= 0.3 is 0 Å². The van der Waals surface area contributed by atoms with Gasteiger partial charge in [0.2, 0.25) is 0 Å². The highest BCUT2D eigenvalue weighted by Gasteiger charge is 2.21. The second-order valence-corrected chi connectivity index (χ2v) is 9.92. The van der Waals surface area contributed by atoms with E-state index in [2.05, 4.69) is 21.8 Å². The number of anilines is 1. The van der Waals surface area contributed by atoms with Crippen molar-refractivity contribution in [1.82, 2.24) is 9.80 Å². The third-order valence-corrected chi connectivity index (χ3v) is 7.19. The Balaban J connectivity index is 1.25. The van der Waals surface area contributed by atoms with Gasteiger partial charge in [-0.3, -0.25) is 14.4 Å². The van der Waals surface area contributed by atoms with Crippen LogP contribution >= 0.6 is 0 Å². The number of hydrogen-bond donors (Lipinski definition) is 1. The van der Waals surface area contributed by atoms with Gasteiger partial charge in [-0.05, 0) is 42.0 Å². The molecule has 35 heavy (non-hydrogen) atoms. The van der Waals surface area contributed by atoms with Crippen molar-refractivity contribution in [1.29, 1.82) is 0 Å². The van der Waals surface area contributed by atoms with Crippen LogP contribution in [0.25, 0.3) is 0 Å². The van der Waals surface area contributed by atoms with Gasteiger partial charge in [-0.25, -0.2) is 8.42 Å². The molecule has 0 spiro atoms. The summed E-state index contributed by atoms with van der Waals surface area (Å²) in [6.07, 6.45) is 0. The molecule has 0 saturated carbocycles. The molecule has 0 unspecified atom stereocenters. The molecule has 184 valence electrons. The number of methoxy groups -OCH3 is 1. The van der Waals surface area contributed by atoms with Crippen LogP contribution in [0.4, 0.5) is 5.69 Å². The predicted octanol–water partition coefficient (Wildman–Crippen LogP) is 3.22. The Morgan fingerprint density at radius 3 is 2.29 bits per heavy atom. The highest BCUT2D eigenvalue weighted by atomic mass is 32.2. The summed E-state index contributed by atoms with van der Waals surface area (Å²) >= 11 is 0. The zero-order valence-corrected chi connectivity index (χ0v) is 20.4. The number of benzene rings is 3. The number of carbonyl (C=O) groups excluding carboxylic acids is 1. The lowest BCUT2D eigenvalue weighted by molar-refractivity contribution is -0.135. The summed E-state index contributed by atoms with van der Waals surface area (Å²) in [4.78, 5) is 16.8. The first-order chi connectivity index (χ1) is 16.9. The molecule has 0 aliphatic carbocycles. The molecule has 8 nitrogen and oxygen atoms in total. The number of sulfonamides is 1. The van der Waals surface area contributed by atoms with Crippen LogP contribution in [0.2, 0.25) is 0 Å². The maximum atomic E-state index is 12.7. The molecular weight excluding hydrogens is 466 g/mol. The second-order valence-electron chi connectivity index (χ2n) is 8.24. The Labute approximate surface area is 206 Å². The van der Waals surface area contributed by atoms with Gasteiger partial charge in [-0.15, -0.1) is 0 Å². The number of amides is 1. The molecule has 1 N–H and O–H groups in total. The summed E-state index contributed by atoms with van der Waals surface area (Å²) in [7, 11) is -2.26. The largest absolute Gasteiger partial charge is 0.497 e. The molecule has 1 fully saturated rings. The predicted molar refractivity (Wildman–Crippen MR) is 134 cm³/mol. The van der Waals surface area contributed by atoms with Crippen LogP contribution in [-0.4, -0.2) is 64.0 Å². The van der Waals surface area contributed by atoms with Gasteiger partial charge in [-0.1, -0.05) is 36.4 Å². The molecule has 1 saturated heterocycles. The summed E-state index contributed by atoms with van der Waals surface area (Å²) in [5.41, 5.74) is 1.67. The maximum Gasteiger partial charge on any atom is 0.261 e. The summed E-state index contributed by atoms with van der Waals surface area (Å²) in [5.74, 6) is 0.901. The number of carbonyl (C=O) groups is 1. The van der Waals surface area contributed by atoms with Crippen LogP contribution in [0.5, 0.6) is 11.5 Å². The normalized spacial score (nSPS) is 14.4. The van der Waals surface area contributed by atoms with Gasteiger partial charge < -0.3 is 14.4 Å². The quantitative estimate of drug-likeness (QED) is 0.491. The number of piperazine rings is 1. The average Bonchev–Trinajstić information content (AvgIpc) is 2.88. The number of ether oxygens (including phenoxy) is 2. The minimum Gasteiger partial charge on any atom is -0.497 e. The fourth-order valence-electron chi connectivity index (χ4n) is 3.85. The highest BCUT2D eigenvalue weighted by molar-refractivity contribution is 7.92. The van der Waals surface area contributed by atoms with Crippen LogP contribution in [0.3, 0.4) is 0 Å². The topological polar surface area (TPSA) is 88.2 Å². The van der Waals surface area contributed by atoms with E-state index < -0.39 is 10.0 Å². The average molecular weight is 496 g/mol. The molecule has 0 bridgehead atoms. The first-order valence-corrected chi connectivity index (χ1v) is 12.8. The fraction of sp³-hybridized carbons (Fsp3) is 0.269. The van der Waals surface area contributed by atoms with Crippen LogP contribution in [0, 0.1) is 0 Å². The lowest BCUT2D eigenvalue weighted by atomic mass is 10.2. The first kappa shape index (κ1) is 24.6. The van der Waals surface area contributed by atoms with Crippen molar-refractivity contribution in [2.24, 2.45) is 0 Å². The lowest BCUT2D eigenvalue weighted by Crippen LogP contribution is -2.49. The second kappa shape index (κ2) is 11.2. The summed E-state index contributed by atoms with van der Waals surface area (Å²) < 4.78 is 38.6. The van der Waals surface area contributed by atoms with Gasteiger partial charge in [0, 0.05) is 38.8 Å². The van der Waals surface area contributed by atoms with E-state index in [1.165, 1.54) is 24.8 Å². The van der Waals surface area contributed by atoms with E-state index >= 15 is 0 Å². The summed E-state index contributed by atoms with van der Waals surface area (Å²) in [5, 5.41) is 0. The number of rotatable bonds is 9. The molecule has 3 aromatic rings. The zero-order chi connectivity index (χ0) is 24.7. The van der Waals surface area contributed by atoms with Crippen LogP contribution < -0.4 is 14.2 Å². The van der Waals surface area contributed by atoms with Crippen molar-refractivity contribution in [3.8, 4) is 11.5 Å². The van der Waals surface area contributed by atoms with Crippen molar-refractivity contribution in [3.05, 3.63) is 84.4 Å². The Morgan fingerprint density at radius 2 is 1.60 bits per heavy atom. The van der Waals surface area contributed by atoms with Gasteiger partial charge in [0.1, 0.15) is 11.5 Å². The van der Waals surface area contributed by atoms with E-state index in [0.717, 1.165) is 19.6 Å². The van der Waals surface area contributed by atoms with Crippen LogP contribution in [0.15, 0.2) is 83.8 Å². The first-order valence-electron chi connectivity index (χ1n) is 11.4. The van der Waals surface area contributed by atoms with Crippen molar-refractivity contribution < 1.29 is 22.7 Å². The minimum absolute atomic E-state index is 0.0826. The van der Waals surface area contributed by atoms with Gasteiger partial charge in [-0.2, -0.15) is 0 Å². The van der Waals surface area contributed by atoms with Crippen molar-refractivity contribution >= 4 is 21.6 Å². The molecule has 0 aromatic heterocycles. The third-order valence-electron chi connectivity index (χ3n) is 5.79. The third kappa shape index (κ3) is 6.74. The van der Waals surface area contributed by atoms with Gasteiger partial charge in [0.05, 0.1) is 17.7 Å². The Morgan fingerprint density at radius 1 is 0.886 bits per heavy atom. The molecule has 9 heteroatoms. The monoisotopic (exact) mass is 495 g/mol. The molecule has 0 radical (unpaired) electrons. The van der Waals surface area contributed by atoms with Crippen LogP contribution in [0.1, 0.15) is 5.56 Å². The Hall–Kier alpha value is -3.56. The lowest BCUT2D eigenvalue weighted by Gasteiger charge is -2.34. The SMILES string of the molecule is COc1cccc(NS(=O)(=O)c2ccc(OCC(=O)N3CCN(Cc4ccccc4)CC3)cc2)c1. The number of nitrogens with zero attached hydrogens (tertiary/aromatic N) is 2. The molecule has 4 rings (SSSR count). The highest BCUT2D eigenvalue weighted by Crippen LogP contribution is 2.22. The van der Waals surface area contributed by atoms with E-state index in [1.54, 1.807) is 41.3 Å². The van der Waals surface area contributed by atoms with E-state index in [4.69, 9.17) is 9.47 Å². The number of hydrogen-bond acceptors (Lipinski definition) is 6. The Bertz CT molecular complexity index is 1230. The zero-order valence-electron chi connectivity index (χ0n) is 19.6. The molecule has 1 aliphatic heterocycles. The minimum atomic E-state index is -3.77. The molecule has 3 aromatic carbocycles. The van der Waals surface area contributed by atoms with E-state index in [9.17, 15) is 13.2 Å². The van der Waals surface area contributed by atoms with Crippen molar-refractivity contribution in [3.63, 3.8) is 0 Å². The smallest absolute Gasteiger partial charge is 0.261 e. The maximum absolute atomic E-state index is 12.7. The van der Waals surface area contributed by atoms with Crippen LogP contribution in [-0.2, 0) is 21.4 Å². The van der Waals surface area contributed by atoms with E-state index in [-0.39, 0.29) is 17.4 Å². The summed E-state index contributed by atoms with van der Waals surface area (Å²) in [6, 6.07) is 23.0. The van der Waals surface area contributed by atoms with E-state index in [1.807, 2.05) is 18.2 Å².